The third-order valence-corrected chi connectivity index (χ3v) is 2.37. The van der Waals surface area contributed by atoms with Crippen LogP contribution in [0.5, 0.6) is 0 Å². The van der Waals surface area contributed by atoms with Crippen LogP contribution in [0.25, 0.3) is 11.5 Å². The molecule has 6 heteroatoms. The van der Waals surface area contributed by atoms with Gasteiger partial charge in [0.05, 0.1) is 11.8 Å². The minimum absolute atomic E-state index is 0.348. The molecule has 15 heavy (non-hydrogen) atoms. The maximum absolute atomic E-state index is 8.79. The number of aromatic amines is 1. The number of aromatic nitrogens is 4. The van der Waals surface area contributed by atoms with Crippen LogP contribution in [0, 0.1) is 11.3 Å². The Bertz CT molecular complexity index is 531. The van der Waals surface area contributed by atoms with Crippen molar-refractivity contribution in [3.05, 3.63) is 17.7 Å². The first-order valence-electron chi connectivity index (χ1n) is 4.66. The fourth-order valence-electron chi connectivity index (χ4n) is 1.39. The summed E-state index contributed by atoms with van der Waals surface area (Å²) in [5, 5.41) is 19.0. The predicted molar refractivity (Wildman–Crippen MR) is 48.6 cm³/mol. The fourth-order valence-corrected chi connectivity index (χ4v) is 1.39. The molecule has 3 rings (SSSR count). The largest absolute Gasteiger partial charge is 0.334 e. The van der Waals surface area contributed by atoms with Gasteiger partial charge in [0, 0.05) is 5.92 Å². The average Bonchev–Trinajstić information content (AvgIpc) is 2.83. The fraction of sp³-hybridized carbons (Fsp3) is 0.333. The second kappa shape index (κ2) is 2.92. The van der Waals surface area contributed by atoms with Crippen LogP contribution < -0.4 is 0 Å². The van der Waals surface area contributed by atoms with Crippen LogP contribution in [-0.4, -0.2) is 20.3 Å². The Hall–Kier alpha value is -2.16. The third-order valence-electron chi connectivity index (χ3n) is 2.37. The zero-order valence-corrected chi connectivity index (χ0v) is 7.77. The number of nitrogens with one attached hydrogen (secondary N) is 1. The lowest BCUT2D eigenvalue weighted by molar-refractivity contribution is 0.422. The Morgan fingerprint density at radius 2 is 2.40 bits per heavy atom. The van der Waals surface area contributed by atoms with E-state index in [1.165, 1.54) is 6.20 Å². The number of rotatable bonds is 2. The molecule has 1 aliphatic rings. The van der Waals surface area contributed by atoms with Crippen molar-refractivity contribution < 1.29 is 4.52 Å². The minimum Gasteiger partial charge on any atom is -0.334 e. The first-order chi connectivity index (χ1) is 7.38. The smallest absolute Gasteiger partial charge is 0.262 e. The zero-order valence-electron chi connectivity index (χ0n) is 7.77. The number of H-pyrrole nitrogens is 1. The van der Waals surface area contributed by atoms with Crippen molar-refractivity contribution in [2.45, 2.75) is 18.8 Å². The summed E-state index contributed by atoms with van der Waals surface area (Å²) in [5.74, 6) is 1.54. The monoisotopic (exact) mass is 201 g/mol. The van der Waals surface area contributed by atoms with Gasteiger partial charge in [-0.2, -0.15) is 15.3 Å². The highest BCUT2D eigenvalue weighted by molar-refractivity contribution is 5.59. The molecule has 0 spiro atoms. The van der Waals surface area contributed by atoms with Crippen LogP contribution in [-0.2, 0) is 0 Å². The summed E-state index contributed by atoms with van der Waals surface area (Å²) in [5.41, 5.74) is 0.915. The lowest BCUT2D eigenvalue weighted by atomic mass is 10.2. The van der Waals surface area contributed by atoms with Gasteiger partial charge in [-0.25, -0.2) is 0 Å². The number of hydrogen-bond donors (Lipinski definition) is 1. The summed E-state index contributed by atoms with van der Waals surface area (Å²) in [4.78, 5) is 4.23. The van der Waals surface area contributed by atoms with Gasteiger partial charge in [0.2, 0.25) is 0 Å². The van der Waals surface area contributed by atoms with Gasteiger partial charge >= 0.3 is 0 Å². The highest BCUT2D eigenvalue weighted by Gasteiger charge is 2.29. The highest BCUT2D eigenvalue weighted by Crippen LogP contribution is 2.38. The molecule has 0 amide bonds. The molecule has 0 aliphatic heterocycles. The van der Waals surface area contributed by atoms with Crippen molar-refractivity contribution >= 4 is 0 Å². The Kier molecular flexibility index (Phi) is 1.59. The molecule has 0 atom stereocenters. The molecule has 74 valence electrons. The molecular formula is C9H7N5O. The average molecular weight is 201 g/mol. The molecular weight excluding hydrogens is 194 g/mol. The molecule has 1 fully saturated rings. The van der Waals surface area contributed by atoms with Crippen molar-refractivity contribution in [1.82, 2.24) is 20.3 Å². The first kappa shape index (κ1) is 8.17. The molecule has 2 aromatic heterocycles. The molecule has 2 heterocycles. The maximum atomic E-state index is 8.79. The second-order valence-corrected chi connectivity index (χ2v) is 3.50. The second-order valence-electron chi connectivity index (χ2n) is 3.50. The molecule has 6 nitrogen and oxygen atoms in total. The normalized spacial score (nSPS) is 15.1. The Morgan fingerprint density at radius 3 is 3.13 bits per heavy atom. The van der Waals surface area contributed by atoms with E-state index < -0.39 is 0 Å². The Labute approximate surface area is 84.9 Å². The van der Waals surface area contributed by atoms with Crippen LogP contribution in [0.15, 0.2) is 10.7 Å². The van der Waals surface area contributed by atoms with E-state index in [4.69, 9.17) is 9.78 Å². The summed E-state index contributed by atoms with van der Waals surface area (Å²) in [6.45, 7) is 0. The summed E-state index contributed by atoms with van der Waals surface area (Å²) < 4.78 is 5.08. The van der Waals surface area contributed by atoms with Gasteiger partial charge in [-0.05, 0) is 12.8 Å². The van der Waals surface area contributed by atoms with Crippen LogP contribution in [0.2, 0.25) is 0 Å². The van der Waals surface area contributed by atoms with E-state index in [1.54, 1.807) is 0 Å². The van der Waals surface area contributed by atoms with Crippen LogP contribution >= 0.6 is 0 Å². The van der Waals surface area contributed by atoms with Gasteiger partial charge in [-0.1, -0.05) is 5.16 Å². The SMILES string of the molecule is N#Cc1[nH]ncc1-c1nc(C2CC2)no1. The molecule has 0 aromatic carbocycles. The zero-order chi connectivity index (χ0) is 10.3. The van der Waals surface area contributed by atoms with Crippen molar-refractivity contribution in [1.29, 1.82) is 5.26 Å². The van der Waals surface area contributed by atoms with Gasteiger partial charge in [0.15, 0.2) is 5.82 Å². The third kappa shape index (κ3) is 1.29. The van der Waals surface area contributed by atoms with E-state index in [0.29, 0.717) is 23.1 Å². The molecule has 0 saturated heterocycles. The summed E-state index contributed by atoms with van der Waals surface area (Å²) in [6, 6.07) is 1.98. The molecule has 1 N–H and O–H groups in total. The van der Waals surface area contributed by atoms with Crippen molar-refractivity contribution in [2.24, 2.45) is 0 Å². The molecule has 1 saturated carbocycles. The van der Waals surface area contributed by atoms with Crippen molar-refractivity contribution in [3.63, 3.8) is 0 Å². The first-order valence-corrected chi connectivity index (χ1v) is 4.66. The van der Waals surface area contributed by atoms with Gasteiger partial charge in [0.25, 0.3) is 5.89 Å². The van der Waals surface area contributed by atoms with Crippen LogP contribution in [0.1, 0.15) is 30.3 Å². The predicted octanol–water partition coefficient (Wildman–Crippen LogP) is 1.21. The van der Waals surface area contributed by atoms with E-state index in [1.807, 2.05) is 6.07 Å². The van der Waals surface area contributed by atoms with Crippen LogP contribution in [0.3, 0.4) is 0 Å². The minimum atomic E-state index is 0.348. The van der Waals surface area contributed by atoms with Gasteiger partial charge in [-0.15, -0.1) is 0 Å². The van der Waals surface area contributed by atoms with Gasteiger partial charge in [-0.3, -0.25) is 5.10 Å². The molecule has 1 aliphatic carbocycles. The molecule has 2 aromatic rings. The summed E-state index contributed by atoms with van der Waals surface area (Å²) >= 11 is 0. The van der Waals surface area contributed by atoms with E-state index in [9.17, 15) is 0 Å². The van der Waals surface area contributed by atoms with Crippen molar-refractivity contribution in [2.75, 3.05) is 0 Å². The Morgan fingerprint density at radius 1 is 1.53 bits per heavy atom. The topological polar surface area (TPSA) is 91.4 Å². The highest BCUT2D eigenvalue weighted by atomic mass is 16.5. The van der Waals surface area contributed by atoms with Crippen molar-refractivity contribution in [3.8, 4) is 17.5 Å². The van der Waals surface area contributed by atoms with Crippen LogP contribution in [0.4, 0.5) is 0 Å². The number of nitriles is 1. The molecule has 0 radical (unpaired) electrons. The molecule has 0 bridgehead atoms. The van der Waals surface area contributed by atoms with E-state index in [-0.39, 0.29) is 0 Å². The Balaban J connectivity index is 2.01. The summed E-state index contributed by atoms with van der Waals surface area (Å²) in [7, 11) is 0. The van der Waals surface area contributed by atoms with Gasteiger partial charge in [0.1, 0.15) is 11.8 Å². The molecule has 0 unspecified atom stereocenters. The summed E-state index contributed by atoms with van der Waals surface area (Å²) in [6.07, 6.45) is 3.76. The standard InChI is InChI=1S/C9H7N5O/c10-3-7-6(4-11-13-7)9-12-8(14-15-9)5-1-2-5/h4-5H,1-2H2,(H,11,13). The maximum Gasteiger partial charge on any atom is 0.262 e. The number of hydrogen-bond acceptors (Lipinski definition) is 5. The van der Waals surface area contributed by atoms with E-state index in [0.717, 1.165) is 18.7 Å². The van der Waals surface area contributed by atoms with Gasteiger partial charge < -0.3 is 4.52 Å². The lowest BCUT2D eigenvalue weighted by Gasteiger charge is -1.85. The quantitative estimate of drug-likeness (QED) is 0.788. The van der Waals surface area contributed by atoms with E-state index >= 15 is 0 Å². The van der Waals surface area contributed by atoms with E-state index in [2.05, 4.69) is 20.3 Å². The number of nitrogens with zero attached hydrogens (tertiary/aromatic N) is 4. The lowest BCUT2D eigenvalue weighted by Crippen LogP contribution is -1.83.